The third-order valence-corrected chi connectivity index (χ3v) is 3.51. The van der Waals surface area contributed by atoms with Crippen molar-refractivity contribution in [3.05, 3.63) is 59.7 Å². The van der Waals surface area contributed by atoms with Crippen molar-refractivity contribution in [1.82, 2.24) is 5.32 Å². The van der Waals surface area contributed by atoms with Gasteiger partial charge in [0.1, 0.15) is 11.5 Å². The van der Waals surface area contributed by atoms with E-state index in [-0.39, 0.29) is 17.0 Å². The lowest BCUT2D eigenvalue weighted by Crippen LogP contribution is -2.21. The molecule has 8 heteroatoms. The zero-order valence-corrected chi connectivity index (χ0v) is 14.7. The maximum Gasteiger partial charge on any atom is 0.387 e. The summed E-state index contributed by atoms with van der Waals surface area (Å²) in [4.78, 5) is 24.2. The largest absolute Gasteiger partial charge is 0.497 e. The molecule has 2 aromatic rings. The fourth-order valence-corrected chi connectivity index (χ4v) is 2.24. The van der Waals surface area contributed by atoms with Crippen molar-refractivity contribution < 1.29 is 27.8 Å². The fourth-order valence-electron chi connectivity index (χ4n) is 2.24. The number of rotatable bonds is 7. The average Bonchev–Trinajstić information content (AvgIpc) is 2.66. The van der Waals surface area contributed by atoms with Gasteiger partial charge in [0.2, 0.25) is 5.91 Å². The molecular weight excluding hydrogens is 358 g/mol. The first-order chi connectivity index (χ1) is 12.9. The first-order valence-corrected chi connectivity index (χ1v) is 7.87. The van der Waals surface area contributed by atoms with E-state index in [0.29, 0.717) is 11.3 Å². The van der Waals surface area contributed by atoms with Gasteiger partial charge in [-0.3, -0.25) is 9.59 Å². The average molecular weight is 376 g/mol. The first-order valence-electron chi connectivity index (χ1n) is 7.87. The van der Waals surface area contributed by atoms with Gasteiger partial charge in [0.25, 0.3) is 5.91 Å². The van der Waals surface area contributed by atoms with E-state index >= 15 is 0 Å². The van der Waals surface area contributed by atoms with Crippen molar-refractivity contribution >= 4 is 23.6 Å². The van der Waals surface area contributed by atoms with Crippen LogP contribution in [0.3, 0.4) is 0 Å². The van der Waals surface area contributed by atoms with Gasteiger partial charge in [-0.25, -0.2) is 0 Å². The second-order valence-corrected chi connectivity index (χ2v) is 5.23. The zero-order valence-electron chi connectivity index (χ0n) is 14.7. The fraction of sp³-hybridized carbons (Fsp3) is 0.158. The quantitative estimate of drug-likeness (QED) is 0.727. The van der Waals surface area contributed by atoms with Crippen molar-refractivity contribution in [2.75, 3.05) is 19.5 Å². The number of carbonyl (C=O) groups is 2. The molecule has 2 aromatic carbocycles. The number of nitrogens with one attached hydrogen (secondary N) is 2. The third-order valence-electron chi connectivity index (χ3n) is 3.51. The summed E-state index contributed by atoms with van der Waals surface area (Å²) in [6.45, 7) is -2.97. The van der Waals surface area contributed by atoms with Crippen LogP contribution in [-0.2, 0) is 4.79 Å². The van der Waals surface area contributed by atoms with Gasteiger partial charge < -0.3 is 20.1 Å². The predicted octanol–water partition coefficient (Wildman–Crippen LogP) is 3.31. The highest BCUT2D eigenvalue weighted by Crippen LogP contribution is 2.23. The number of alkyl halides is 2. The Morgan fingerprint density at radius 2 is 1.89 bits per heavy atom. The minimum atomic E-state index is -2.97. The van der Waals surface area contributed by atoms with E-state index in [1.54, 1.807) is 18.2 Å². The van der Waals surface area contributed by atoms with Gasteiger partial charge >= 0.3 is 6.61 Å². The first kappa shape index (κ1) is 19.9. The maximum atomic E-state index is 12.4. The van der Waals surface area contributed by atoms with E-state index in [1.807, 2.05) is 0 Å². The Kier molecular flexibility index (Phi) is 6.87. The highest BCUT2D eigenvalue weighted by molar-refractivity contribution is 6.07. The van der Waals surface area contributed by atoms with Crippen LogP contribution in [0.25, 0.3) is 6.08 Å². The second kappa shape index (κ2) is 9.33. The molecule has 2 amide bonds. The monoisotopic (exact) mass is 376 g/mol. The molecular formula is C19H18F2N2O4. The molecule has 142 valence electrons. The summed E-state index contributed by atoms with van der Waals surface area (Å²) in [5.74, 6) is -0.534. The van der Waals surface area contributed by atoms with Crippen molar-refractivity contribution in [1.29, 1.82) is 0 Å². The van der Waals surface area contributed by atoms with Gasteiger partial charge in [0.05, 0.1) is 18.4 Å². The van der Waals surface area contributed by atoms with Crippen molar-refractivity contribution in [3.8, 4) is 11.5 Å². The number of carbonyl (C=O) groups excluding carboxylic acids is 2. The standard InChI is InChI=1S/C19H18F2N2O4/c1-22-18(25)14-11-13(26-2)8-9-15(14)23-17(24)10-7-12-5-3-4-6-16(12)27-19(20)21/h3-11,19H,1-2H3,(H,22,25)(H,23,24). The molecule has 0 unspecified atom stereocenters. The van der Waals surface area contributed by atoms with Gasteiger partial charge in [-0.05, 0) is 30.3 Å². The number of halogens is 2. The Labute approximate surface area is 154 Å². The SMILES string of the molecule is CNC(=O)c1cc(OC)ccc1NC(=O)C=Cc1ccccc1OC(F)F. The number of para-hydroxylation sites is 1. The van der Waals surface area contributed by atoms with Crippen LogP contribution in [0.15, 0.2) is 48.5 Å². The molecule has 27 heavy (non-hydrogen) atoms. The highest BCUT2D eigenvalue weighted by atomic mass is 19.3. The lowest BCUT2D eigenvalue weighted by molar-refractivity contribution is -0.111. The number of benzene rings is 2. The minimum absolute atomic E-state index is 0.0490. The molecule has 0 saturated heterocycles. The summed E-state index contributed by atoms with van der Waals surface area (Å²) in [7, 11) is 2.93. The van der Waals surface area contributed by atoms with Crippen LogP contribution in [-0.4, -0.2) is 32.6 Å². The lowest BCUT2D eigenvalue weighted by atomic mass is 10.1. The Bertz CT molecular complexity index is 853. The van der Waals surface area contributed by atoms with Crippen LogP contribution in [0.4, 0.5) is 14.5 Å². The Balaban J connectivity index is 2.19. The van der Waals surface area contributed by atoms with E-state index in [1.165, 1.54) is 44.5 Å². The second-order valence-electron chi connectivity index (χ2n) is 5.23. The van der Waals surface area contributed by atoms with Crippen LogP contribution in [0.1, 0.15) is 15.9 Å². The molecule has 0 spiro atoms. The molecule has 0 aromatic heterocycles. The number of hydrogen-bond acceptors (Lipinski definition) is 4. The normalized spacial score (nSPS) is 10.7. The topological polar surface area (TPSA) is 76.7 Å². The predicted molar refractivity (Wildman–Crippen MR) is 97.1 cm³/mol. The van der Waals surface area contributed by atoms with Crippen LogP contribution in [0.5, 0.6) is 11.5 Å². The van der Waals surface area contributed by atoms with Gasteiger partial charge in [-0.15, -0.1) is 0 Å². The number of hydrogen-bond donors (Lipinski definition) is 2. The number of ether oxygens (including phenoxy) is 2. The molecule has 0 aliphatic carbocycles. The minimum Gasteiger partial charge on any atom is -0.497 e. The van der Waals surface area contributed by atoms with Crippen LogP contribution < -0.4 is 20.1 Å². The molecule has 2 N–H and O–H groups in total. The number of methoxy groups -OCH3 is 1. The van der Waals surface area contributed by atoms with Crippen molar-refractivity contribution in [2.24, 2.45) is 0 Å². The van der Waals surface area contributed by atoms with Crippen LogP contribution in [0, 0.1) is 0 Å². The van der Waals surface area contributed by atoms with Crippen molar-refractivity contribution in [3.63, 3.8) is 0 Å². The van der Waals surface area contributed by atoms with Gasteiger partial charge in [0.15, 0.2) is 0 Å². The molecule has 0 aliphatic heterocycles. The molecule has 0 heterocycles. The molecule has 0 radical (unpaired) electrons. The third kappa shape index (κ3) is 5.53. The molecule has 0 bridgehead atoms. The summed E-state index contributed by atoms with van der Waals surface area (Å²) in [6, 6.07) is 10.7. The van der Waals surface area contributed by atoms with Crippen LogP contribution >= 0.6 is 0 Å². The highest BCUT2D eigenvalue weighted by Gasteiger charge is 2.13. The summed E-state index contributed by atoms with van der Waals surface area (Å²) in [5.41, 5.74) is 0.816. The van der Waals surface area contributed by atoms with Crippen LogP contribution in [0.2, 0.25) is 0 Å². The summed E-state index contributed by atoms with van der Waals surface area (Å²) in [5, 5.41) is 5.05. The van der Waals surface area contributed by atoms with Gasteiger partial charge in [-0.1, -0.05) is 18.2 Å². The Morgan fingerprint density at radius 1 is 1.15 bits per heavy atom. The van der Waals surface area contributed by atoms with Crippen molar-refractivity contribution in [2.45, 2.75) is 6.61 Å². The zero-order chi connectivity index (χ0) is 19.8. The number of amides is 2. The smallest absolute Gasteiger partial charge is 0.387 e. The van der Waals surface area contributed by atoms with E-state index < -0.39 is 18.4 Å². The molecule has 0 aliphatic rings. The van der Waals surface area contributed by atoms with Gasteiger partial charge in [0, 0.05) is 18.7 Å². The maximum absolute atomic E-state index is 12.4. The Morgan fingerprint density at radius 3 is 2.56 bits per heavy atom. The number of anilines is 1. The van der Waals surface area contributed by atoms with Gasteiger partial charge in [-0.2, -0.15) is 8.78 Å². The molecule has 0 saturated carbocycles. The molecule has 6 nitrogen and oxygen atoms in total. The van der Waals surface area contributed by atoms with E-state index in [4.69, 9.17) is 4.74 Å². The summed E-state index contributed by atoms with van der Waals surface area (Å²) in [6.07, 6.45) is 2.50. The Hall–Kier alpha value is -3.42. The molecule has 2 rings (SSSR count). The molecule has 0 fully saturated rings. The summed E-state index contributed by atoms with van der Waals surface area (Å²) >= 11 is 0. The van der Waals surface area contributed by atoms with E-state index in [0.717, 1.165) is 6.08 Å². The lowest BCUT2D eigenvalue weighted by Gasteiger charge is -2.11. The summed E-state index contributed by atoms with van der Waals surface area (Å²) < 4.78 is 34.3. The molecule has 0 atom stereocenters. The van der Waals surface area contributed by atoms with E-state index in [2.05, 4.69) is 15.4 Å². The van der Waals surface area contributed by atoms with E-state index in [9.17, 15) is 18.4 Å².